The topological polar surface area (TPSA) is 29.3 Å². The molecule has 0 aliphatic heterocycles. The smallest absolute Gasteiger partial charge is 0.0451 e. The number of nitrogens with zero attached hydrogens (tertiary/aromatic N) is 1. The Morgan fingerprint density at radius 1 is 1.00 bits per heavy atom. The van der Waals surface area contributed by atoms with Gasteiger partial charge in [-0.2, -0.15) is 0 Å². The third-order valence-corrected chi connectivity index (χ3v) is 3.45. The molecule has 0 bridgehead atoms. The highest BCUT2D eigenvalue weighted by atomic mass is 35.5. The number of rotatable bonds is 5. The second-order valence-electron chi connectivity index (χ2n) is 4.79. The molecule has 2 nitrogen and oxygen atoms in total. The van der Waals surface area contributed by atoms with Crippen molar-refractivity contribution in [2.45, 2.75) is 19.6 Å². The molecule has 2 N–H and O–H groups in total. The first kappa shape index (κ1) is 14.1. The van der Waals surface area contributed by atoms with Crippen molar-refractivity contribution < 1.29 is 0 Å². The maximum absolute atomic E-state index is 6.18. The van der Waals surface area contributed by atoms with Gasteiger partial charge in [-0.05, 0) is 29.8 Å². The molecule has 2 aromatic rings. The Hall–Kier alpha value is -1.35. The van der Waals surface area contributed by atoms with E-state index in [2.05, 4.69) is 42.3 Å². The monoisotopic (exact) mass is 274 g/mol. The van der Waals surface area contributed by atoms with Gasteiger partial charge in [0.2, 0.25) is 0 Å². The van der Waals surface area contributed by atoms with Gasteiger partial charge in [0.25, 0.3) is 0 Å². The lowest BCUT2D eigenvalue weighted by molar-refractivity contribution is 0.319. The maximum atomic E-state index is 6.18. The van der Waals surface area contributed by atoms with Crippen LogP contribution in [0.4, 0.5) is 0 Å². The van der Waals surface area contributed by atoms with Gasteiger partial charge >= 0.3 is 0 Å². The van der Waals surface area contributed by atoms with Crippen LogP contribution in [0.15, 0.2) is 48.5 Å². The van der Waals surface area contributed by atoms with Crippen molar-refractivity contribution in [2.24, 2.45) is 5.73 Å². The van der Waals surface area contributed by atoms with E-state index in [0.717, 1.165) is 23.7 Å². The van der Waals surface area contributed by atoms with Crippen molar-refractivity contribution >= 4 is 11.6 Å². The van der Waals surface area contributed by atoms with Crippen LogP contribution < -0.4 is 5.73 Å². The molecule has 0 unspecified atom stereocenters. The molecule has 0 fully saturated rings. The Bertz CT molecular complexity index is 540. The van der Waals surface area contributed by atoms with E-state index < -0.39 is 0 Å². The molecule has 0 amide bonds. The molecule has 0 aromatic heterocycles. The van der Waals surface area contributed by atoms with Crippen molar-refractivity contribution in [3.05, 3.63) is 70.2 Å². The van der Waals surface area contributed by atoms with Gasteiger partial charge in [-0.3, -0.25) is 4.90 Å². The number of benzene rings is 2. The lowest BCUT2D eigenvalue weighted by atomic mass is 10.1. The predicted octanol–water partition coefficient (Wildman–Crippen LogP) is 3.43. The normalized spacial score (nSPS) is 10.9. The highest BCUT2D eigenvalue weighted by molar-refractivity contribution is 6.31. The van der Waals surface area contributed by atoms with Crippen molar-refractivity contribution in [1.82, 2.24) is 4.90 Å². The zero-order valence-electron chi connectivity index (χ0n) is 11.1. The number of hydrogen-bond donors (Lipinski definition) is 1. The van der Waals surface area contributed by atoms with Crippen LogP contribution in [-0.4, -0.2) is 11.9 Å². The largest absolute Gasteiger partial charge is 0.326 e. The number of halogens is 1. The third kappa shape index (κ3) is 4.06. The van der Waals surface area contributed by atoms with Crippen LogP contribution in [0.25, 0.3) is 0 Å². The van der Waals surface area contributed by atoms with Crippen LogP contribution in [0.1, 0.15) is 16.7 Å². The minimum atomic E-state index is 0.585. The molecule has 0 saturated carbocycles. The fraction of sp³-hybridized carbons (Fsp3) is 0.250. The van der Waals surface area contributed by atoms with Crippen LogP contribution in [0, 0.1) is 0 Å². The summed E-state index contributed by atoms with van der Waals surface area (Å²) in [4.78, 5) is 2.25. The van der Waals surface area contributed by atoms with Gasteiger partial charge in [-0.25, -0.2) is 0 Å². The highest BCUT2D eigenvalue weighted by Gasteiger charge is 2.05. The summed E-state index contributed by atoms with van der Waals surface area (Å²) in [5, 5.41) is 0.824. The Morgan fingerprint density at radius 3 is 2.47 bits per heavy atom. The van der Waals surface area contributed by atoms with E-state index >= 15 is 0 Å². The molecule has 0 heterocycles. The Balaban J connectivity index is 2.01. The minimum Gasteiger partial charge on any atom is -0.326 e. The summed E-state index contributed by atoms with van der Waals surface area (Å²) in [5.74, 6) is 0. The molecular formula is C16H19ClN2. The van der Waals surface area contributed by atoms with Gasteiger partial charge in [-0.1, -0.05) is 54.1 Å². The summed E-state index contributed by atoms with van der Waals surface area (Å²) in [6, 6.07) is 16.4. The zero-order valence-corrected chi connectivity index (χ0v) is 11.9. The average Bonchev–Trinajstić information content (AvgIpc) is 2.41. The van der Waals surface area contributed by atoms with Crippen molar-refractivity contribution in [3.63, 3.8) is 0 Å². The van der Waals surface area contributed by atoms with Crippen LogP contribution in [-0.2, 0) is 19.6 Å². The van der Waals surface area contributed by atoms with Crippen LogP contribution >= 0.6 is 11.6 Å². The fourth-order valence-electron chi connectivity index (χ4n) is 2.14. The van der Waals surface area contributed by atoms with E-state index in [9.17, 15) is 0 Å². The Labute approximate surface area is 119 Å². The van der Waals surface area contributed by atoms with Crippen LogP contribution in [0.2, 0.25) is 5.02 Å². The van der Waals surface area contributed by atoms with Gasteiger partial charge in [0.1, 0.15) is 0 Å². The molecule has 3 heteroatoms. The third-order valence-electron chi connectivity index (χ3n) is 3.08. The summed E-state index contributed by atoms with van der Waals surface area (Å²) in [5.41, 5.74) is 9.26. The number of hydrogen-bond acceptors (Lipinski definition) is 2. The first-order valence-corrected chi connectivity index (χ1v) is 6.76. The summed E-state index contributed by atoms with van der Waals surface area (Å²) in [6.45, 7) is 2.31. The van der Waals surface area contributed by atoms with E-state index in [-0.39, 0.29) is 0 Å². The van der Waals surface area contributed by atoms with E-state index in [1.165, 1.54) is 11.1 Å². The zero-order chi connectivity index (χ0) is 13.7. The minimum absolute atomic E-state index is 0.585. The van der Waals surface area contributed by atoms with E-state index in [1.54, 1.807) is 0 Å². The van der Waals surface area contributed by atoms with Crippen molar-refractivity contribution in [2.75, 3.05) is 7.05 Å². The van der Waals surface area contributed by atoms with Gasteiger partial charge < -0.3 is 5.73 Å². The fourth-order valence-corrected chi connectivity index (χ4v) is 2.34. The van der Waals surface area contributed by atoms with Crippen molar-refractivity contribution in [1.29, 1.82) is 0 Å². The van der Waals surface area contributed by atoms with Crippen LogP contribution in [0.3, 0.4) is 0 Å². The molecule has 19 heavy (non-hydrogen) atoms. The molecule has 0 radical (unpaired) electrons. The standard InChI is InChI=1S/C16H19ClN2/c1-19(12-15-7-2-3-8-16(15)17)11-14-6-4-5-13(9-14)10-18/h2-9H,10-12,18H2,1H3. The Morgan fingerprint density at radius 2 is 1.74 bits per heavy atom. The summed E-state index contributed by atoms with van der Waals surface area (Å²) >= 11 is 6.18. The van der Waals surface area contributed by atoms with Gasteiger partial charge in [0.15, 0.2) is 0 Å². The van der Waals surface area contributed by atoms with E-state index in [0.29, 0.717) is 6.54 Å². The highest BCUT2D eigenvalue weighted by Crippen LogP contribution is 2.17. The molecule has 0 spiro atoms. The first-order chi connectivity index (χ1) is 9.19. The summed E-state index contributed by atoms with van der Waals surface area (Å²) in [7, 11) is 2.10. The first-order valence-electron chi connectivity index (χ1n) is 6.39. The molecule has 100 valence electrons. The van der Waals surface area contributed by atoms with Crippen molar-refractivity contribution in [3.8, 4) is 0 Å². The van der Waals surface area contributed by atoms with Gasteiger partial charge in [0, 0.05) is 24.7 Å². The SMILES string of the molecule is CN(Cc1cccc(CN)c1)Cc1ccccc1Cl. The molecule has 0 aliphatic carbocycles. The maximum Gasteiger partial charge on any atom is 0.0451 e. The molecule has 0 atom stereocenters. The lowest BCUT2D eigenvalue weighted by Gasteiger charge is -2.18. The van der Waals surface area contributed by atoms with Crippen LogP contribution in [0.5, 0.6) is 0 Å². The second kappa shape index (κ2) is 6.71. The molecule has 2 rings (SSSR count). The molecular weight excluding hydrogens is 256 g/mol. The molecule has 0 saturated heterocycles. The molecule has 0 aliphatic rings. The van der Waals surface area contributed by atoms with E-state index in [1.807, 2.05) is 18.2 Å². The average molecular weight is 275 g/mol. The quantitative estimate of drug-likeness (QED) is 0.905. The van der Waals surface area contributed by atoms with Gasteiger partial charge in [-0.15, -0.1) is 0 Å². The van der Waals surface area contributed by atoms with E-state index in [4.69, 9.17) is 17.3 Å². The predicted molar refractivity (Wildman–Crippen MR) is 81.0 cm³/mol. The molecule has 2 aromatic carbocycles. The number of nitrogens with two attached hydrogens (primary N) is 1. The second-order valence-corrected chi connectivity index (χ2v) is 5.19. The lowest BCUT2D eigenvalue weighted by Crippen LogP contribution is -2.17. The van der Waals surface area contributed by atoms with Gasteiger partial charge in [0.05, 0.1) is 0 Å². The summed E-state index contributed by atoms with van der Waals surface area (Å²) in [6.07, 6.45) is 0. The Kier molecular flexibility index (Phi) is 4.97. The summed E-state index contributed by atoms with van der Waals surface area (Å²) < 4.78 is 0.